The third-order valence-electron chi connectivity index (χ3n) is 5.64. The molecule has 0 atom stereocenters. The number of hydrogen-bond donors (Lipinski definition) is 1. The standard InChI is InChI=1S/C27H23ClN2O4/c1-16-4-7-19(8-5-16)15-34-24-11-9-21(28)13-20(24)14-23-25(31)29-27(33)30(26(23)32)22-10-6-17(2)18(3)12-22/h4-14H,15H2,1-3H3,(H,29,31,33)/b23-14+. The summed E-state index contributed by atoms with van der Waals surface area (Å²) < 4.78 is 5.96. The molecule has 1 aliphatic heterocycles. The Labute approximate surface area is 202 Å². The first-order valence-electron chi connectivity index (χ1n) is 10.7. The van der Waals surface area contributed by atoms with Gasteiger partial charge in [0.05, 0.1) is 5.69 Å². The van der Waals surface area contributed by atoms with Gasteiger partial charge in [0.2, 0.25) is 0 Å². The molecule has 0 spiro atoms. The predicted molar refractivity (Wildman–Crippen MR) is 132 cm³/mol. The van der Waals surface area contributed by atoms with E-state index in [4.69, 9.17) is 16.3 Å². The minimum atomic E-state index is -0.794. The molecule has 172 valence electrons. The van der Waals surface area contributed by atoms with Gasteiger partial charge in [-0.05, 0) is 73.9 Å². The van der Waals surface area contributed by atoms with Gasteiger partial charge >= 0.3 is 6.03 Å². The van der Waals surface area contributed by atoms with Crippen molar-refractivity contribution in [3.05, 3.63) is 99.1 Å². The maximum Gasteiger partial charge on any atom is 0.335 e. The maximum absolute atomic E-state index is 13.3. The smallest absolute Gasteiger partial charge is 0.335 e. The molecule has 4 rings (SSSR count). The molecule has 4 amide bonds. The number of nitrogens with one attached hydrogen (secondary N) is 1. The molecular weight excluding hydrogens is 452 g/mol. The minimum Gasteiger partial charge on any atom is -0.488 e. The van der Waals surface area contributed by atoms with Crippen molar-refractivity contribution in [1.82, 2.24) is 5.32 Å². The van der Waals surface area contributed by atoms with Gasteiger partial charge in [0.25, 0.3) is 11.8 Å². The van der Waals surface area contributed by atoms with Crippen LogP contribution in [-0.2, 0) is 16.2 Å². The van der Waals surface area contributed by atoms with Crippen LogP contribution < -0.4 is 15.0 Å². The first kappa shape index (κ1) is 23.3. The number of rotatable bonds is 5. The van der Waals surface area contributed by atoms with Crippen LogP contribution in [0.25, 0.3) is 6.08 Å². The summed E-state index contributed by atoms with van der Waals surface area (Å²) in [7, 11) is 0. The van der Waals surface area contributed by atoms with E-state index in [-0.39, 0.29) is 5.57 Å². The Morgan fingerprint density at radius 3 is 2.35 bits per heavy atom. The molecule has 0 unspecified atom stereocenters. The Hall–Kier alpha value is -3.90. The number of aryl methyl sites for hydroxylation is 3. The first-order valence-corrected chi connectivity index (χ1v) is 11.1. The summed E-state index contributed by atoms with van der Waals surface area (Å²) in [5, 5.41) is 2.66. The Bertz CT molecular complexity index is 1330. The lowest BCUT2D eigenvalue weighted by Crippen LogP contribution is -2.54. The quantitative estimate of drug-likeness (QED) is 0.390. The lowest BCUT2D eigenvalue weighted by Gasteiger charge is -2.27. The molecule has 7 heteroatoms. The van der Waals surface area contributed by atoms with Gasteiger partial charge in [0.15, 0.2) is 0 Å². The third kappa shape index (κ3) is 4.87. The van der Waals surface area contributed by atoms with Crippen LogP contribution in [0.5, 0.6) is 5.75 Å². The lowest BCUT2D eigenvalue weighted by atomic mass is 10.0. The number of nitrogens with zero attached hydrogens (tertiary/aromatic N) is 1. The van der Waals surface area contributed by atoms with Gasteiger partial charge < -0.3 is 4.74 Å². The zero-order valence-corrected chi connectivity index (χ0v) is 19.8. The highest BCUT2D eigenvalue weighted by atomic mass is 35.5. The molecule has 34 heavy (non-hydrogen) atoms. The molecule has 1 fully saturated rings. The fourth-order valence-corrected chi connectivity index (χ4v) is 3.70. The summed E-state index contributed by atoms with van der Waals surface area (Å²) >= 11 is 6.19. The monoisotopic (exact) mass is 474 g/mol. The number of carbonyl (C=O) groups is 3. The number of carbonyl (C=O) groups excluding carboxylic acids is 3. The molecule has 0 aromatic heterocycles. The van der Waals surface area contributed by atoms with Crippen molar-refractivity contribution < 1.29 is 19.1 Å². The number of hydrogen-bond acceptors (Lipinski definition) is 4. The number of benzene rings is 3. The van der Waals surface area contributed by atoms with Crippen LogP contribution in [0.1, 0.15) is 27.8 Å². The van der Waals surface area contributed by atoms with E-state index < -0.39 is 17.8 Å². The molecule has 0 radical (unpaired) electrons. The van der Waals surface area contributed by atoms with E-state index in [1.807, 2.05) is 51.1 Å². The number of barbiturate groups is 1. The van der Waals surface area contributed by atoms with Gasteiger partial charge in [-0.2, -0.15) is 0 Å². The van der Waals surface area contributed by atoms with Crippen LogP contribution in [0, 0.1) is 20.8 Å². The number of anilines is 1. The van der Waals surface area contributed by atoms with Crippen LogP contribution in [0.3, 0.4) is 0 Å². The molecule has 6 nitrogen and oxygen atoms in total. The number of amides is 4. The molecule has 0 aliphatic carbocycles. The predicted octanol–water partition coefficient (Wildman–Crippen LogP) is 5.51. The van der Waals surface area contributed by atoms with Crippen LogP contribution in [0.15, 0.2) is 66.2 Å². The zero-order chi connectivity index (χ0) is 24.4. The van der Waals surface area contributed by atoms with Crippen LogP contribution in [0.2, 0.25) is 5.02 Å². The maximum atomic E-state index is 13.3. The van der Waals surface area contributed by atoms with Crippen molar-refractivity contribution in [3.8, 4) is 5.75 Å². The SMILES string of the molecule is Cc1ccc(COc2ccc(Cl)cc2/C=C2\C(=O)NC(=O)N(c3ccc(C)c(C)c3)C2=O)cc1. The van der Waals surface area contributed by atoms with E-state index in [0.717, 1.165) is 27.2 Å². The second-order valence-corrected chi connectivity index (χ2v) is 8.62. The number of imide groups is 2. The van der Waals surface area contributed by atoms with Crippen molar-refractivity contribution >= 4 is 41.2 Å². The van der Waals surface area contributed by atoms with Crippen LogP contribution in [-0.4, -0.2) is 17.8 Å². The van der Waals surface area contributed by atoms with Gasteiger partial charge in [-0.25, -0.2) is 9.69 Å². The first-order chi connectivity index (χ1) is 16.2. The van der Waals surface area contributed by atoms with E-state index in [1.165, 1.54) is 6.08 Å². The lowest BCUT2D eigenvalue weighted by molar-refractivity contribution is -0.122. The van der Waals surface area contributed by atoms with E-state index in [0.29, 0.717) is 28.6 Å². The summed E-state index contributed by atoms with van der Waals surface area (Å²) in [5.74, 6) is -1.05. The summed E-state index contributed by atoms with van der Waals surface area (Å²) in [5.41, 5.74) is 4.69. The highest BCUT2D eigenvalue weighted by molar-refractivity contribution is 6.39. The van der Waals surface area contributed by atoms with Gasteiger partial charge in [-0.3, -0.25) is 14.9 Å². The molecule has 1 saturated heterocycles. The summed E-state index contributed by atoms with van der Waals surface area (Å²) in [6.45, 7) is 6.12. The van der Waals surface area contributed by atoms with Crippen molar-refractivity contribution in [2.24, 2.45) is 0 Å². The van der Waals surface area contributed by atoms with Crippen molar-refractivity contribution in [2.75, 3.05) is 4.90 Å². The van der Waals surface area contributed by atoms with Crippen molar-refractivity contribution in [2.45, 2.75) is 27.4 Å². The van der Waals surface area contributed by atoms with E-state index in [2.05, 4.69) is 5.32 Å². The zero-order valence-electron chi connectivity index (χ0n) is 19.0. The minimum absolute atomic E-state index is 0.194. The summed E-state index contributed by atoms with van der Waals surface area (Å²) in [4.78, 5) is 39.3. The molecule has 0 saturated carbocycles. The van der Waals surface area contributed by atoms with Gasteiger partial charge in [0, 0.05) is 10.6 Å². The Balaban J connectivity index is 1.67. The average Bonchev–Trinajstić information content (AvgIpc) is 2.79. The number of halogens is 1. The second kappa shape index (κ2) is 9.53. The molecule has 3 aromatic rings. The Morgan fingerprint density at radius 1 is 0.912 bits per heavy atom. The number of ether oxygens (including phenoxy) is 1. The summed E-state index contributed by atoms with van der Waals surface area (Å²) in [6, 6.07) is 17.3. The fourth-order valence-electron chi connectivity index (χ4n) is 3.52. The molecule has 0 bridgehead atoms. The molecule has 1 aliphatic rings. The average molecular weight is 475 g/mol. The molecular formula is C27H23ClN2O4. The summed E-state index contributed by atoms with van der Waals surface area (Å²) in [6.07, 6.45) is 1.40. The second-order valence-electron chi connectivity index (χ2n) is 8.18. The highest BCUT2D eigenvalue weighted by Gasteiger charge is 2.37. The largest absolute Gasteiger partial charge is 0.488 e. The molecule has 1 N–H and O–H groups in total. The molecule has 3 aromatic carbocycles. The van der Waals surface area contributed by atoms with Gasteiger partial charge in [0.1, 0.15) is 17.9 Å². The Morgan fingerprint density at radius 2 is 1.65 bits per heavy atom. The van der Waals surface area contributed by atoms with E-state index >= 15 is 0 Å². The van der Waals surface area contributed by atoms with Gasteiger partial charge in [-0.15, -0.1) is 0 Å². The van der Waals surface area contributed by atoms with E-state index in [9.17, 15) is 14.4 Å². The van der Waals surface area contributed by atoms with Crippen LogP contribution in [0.4, 0.5) is 10.5 Å². The Kier molecular flexibility index (Phi) is 6.52. The van der Waals surface area contributed by atoms with E-state index in [1.54, 1.807) is 30.3 Å². The highest BCUT2D eigenvalue weighted by Crippen LogP contribution is 2.29. The fraction of sp³-hybridized carbons (Fsp3) is 0.148. The van der Waals surface area contributed by atoms with Crippen LogP contribution >= 0.6 is 11.6 Å². The molecule has 1 heterocycles. The third-order valence-corrected chi connectivity index (χ3v) is 5.87. The topological polar surface area (TPSA) is 75.7 Å². The number of urea groups is 1. The normalized spacial score (nSPS) is 15.0. The van der Waals surface area contributed by atoms with Crippen molar-refractivity contribution in [3.63, 3.8) is 0 Å². The van der Waals surface area contributed by atoms with Gasteiger partial charge in [-0.1, -0.05) is 47.5 Å². The van der Waals surface area contributed by atoms with Crippen molar-refractivity contribution in [1.29, 1.82) is 0 Å².